The molecular weight excluding hydrogens is 430 g/mol. The molecule has 2 aromatic rings. The van der Waals surface area contributed by atoms with Crippen molar-refractivity contribution in [3.8, 4) is 0 Å². The normalized spacial score (nSPS) is 15.0. The van der Waals surface area contributed by atoms with Gasteiger partial charge in [-0.2, -0.15) is 0 Å². The number of aryl methyl sites for hydroxylation is 2. The van der Waals surface area contributed by atoms with Crippen molar-refractivity contribution in [2.45, 2.75) is 39.2 Å². The van der Waals surface area contributed by atoms with Crippen LogP contribution >= 0.6 is 0 Å². The van der Waals surface area contributed by atoms with Gasteiger partial charge in [0.15, 0.2) is 0 Å². The lowest BCUT2D eigenvalue weighted by Gasteiger charge is -2.36. The fourth-order valence-corrected chi connectivity index (χ4v) is 4.28. The maximum Gasteiger partial charge on any atom is 0.254 e. The maximum absolute atomic E-state index is 13.1. The monoisotopic (exact) mass is 465 g/mol. The van der Waals surface area contributed by atoms with Crippen LogP contribution in [-0.4, -0.2) is 62.0 Å². The molecular formula is C27H35N3O4. The fourth-order valence-electron chi connectivity index (χ4n) is 4.28. The van der Waals surface area contributed by atoms with Crippen molar-refractivity contribution in [3.05, 3.63) is 70.8 Å². The maximum atomic E-state index is 13.1. The Morgan fingerprint density at radius 2 is 1.71 bits per heavy atom. The van der Waals surface area contributed by atoms with E-state index in [1.54, 1.807) is 19.2 Å². The van der Waals surface area contributed by atoms with Crippen molar-refractivity contribution >= 4 is 17.7 Å². The summed E-state index contributed by atoms with van der Waals surface area (Å²) >= 11 is 0. The van der Waals surface area contributed by atoms with E-state index in [1.165, 1.54) is 0 Å². The minimum atomic E-state index is -0.660. The Morgan fingerprint density at radius 3 is 2.35 bits per heavy atom. The molecule has 2 aromatic carbocycles. The predicted octanol–water partition coefficient (Wildman–Crippen LogP) is 3.11. The molecule has 1 aliphatic rings. The molecule has 34 heavy (non-hydrogen) atoms. The number of rotatable bonds is 9. The Labute approximate surface area is 201 Å². The number of nitrogens with zero attached hydrogens (tertiary/aromatic N) is 1. The molecule has 1 unspecified atom stereocenters. The summed E-state index contributed by atoms with van der Waals surface area (Å²) < 4.78 is 5.05. The molecule has 2 N–H and O–H groups in total. The first-order chi connectivity index (χ1) is 16.4. The van der Waals surface area contributed by atoms with Gasteiger partial charge in [-0.25, -0.2) is 0 Å². The molecule has 0 saturated carbocycles. The van der Waals surface area contributed by atoms with E-state index in [1.807, 2.05) is 55.1 Å². The fraction of sp³-hybridized carbons (Fsp3) is 0.444. The quantitative estimate of drug-likeness (QED) is 0.557. The number of hydrogen-bond acceptors (Lipinski definition) is 4. The highest BCUT2D eigenvalue weighted by Gasteiger charge is 2.34. The summed E-state index contributed by atoms with van der Waals surface area (Å²) in [6, 6.07) is 14.2. The standard InChI is InChI=1S/C27H35N3O4/c1-19-9-11-22(12-10-19)25(31)29-24(26(32)28-15-6-18-34-3)21-13-16-30(17-14-21)27(33)23-8-5-4-7-20(23)2/h4-5,7-12,21,24H,6,13-18H2,1-3H3,(H,28,32)(H,29,31). The van der Waals surface area contributed by atoms with E-state index in [4.69, 9.17) is 4.74 Å². The van der Waals surface area contributed by atoms with Crippen molar-refractivity contribution < 1.29 is 19.1 Å². The number of ether oxygens (including phenoxy) is 1. The number of hydrogen-bond donors (Lipinski definition) is 2. The first-order valence-corrected chi connectivity index (χ1v) is 11.9. The molecule has 7 heteroatoms. The van der Waals surface area contributed by atoms with E-state index in [0.29, 0.717) is 56.6 Å². The predicted molar refractivity (Wildman–Crippen MR) is 132 cm³/mol. The number of carbonyl (C=O) groups is 3. The first-order valence-electron chi connectivity index (χ1n) is 11.9. The Morgan fingerprint density at radius 1 is 1.03 bits per heavy atom. The smallest absolute Gasteiger partial charge is 0.254 e. The van der Waals surface area contributed by atoms with E-state index in [2.05, 4.69) is 10.6 Å². The van der Waals surface area contributed by atoms with Gasteiger partial charge in [0, 0.05) is 44.5 Å². The minimum Gasteiger partial charge on any atom is -0.385 e. The molecule has 3 rings (SSSR count). The molecule has 7 nitrogen and oxygen atoms in total. The number of methoxy groups -OCH3 is 1. The summed E-state index contributed by atoms with van der Waals surface area (Å²) in [4.78, 5) is 40.8. The van der Waals surface area contributed by atoms with Gasteiger partial charge in [-0.15, -0.1) is 0 Å². The zero-order valence-electron chi connectivity index (χ0n) is 20.3. The highest BCUT2D eigenvalue weighted by molar-refractivity contribution is 5.98. The first kappa shape index (κ1) is 25.4. The molecule has 1 heterocycles. The molecule has 1 saturated heterocycles. The van der Waals surface area contributed by atoms with Crippen LogP contribution in [0.25, 0.3) is 0 Å². The Balaban J connectivity index is 1.67. The molecule has 0 bridgehead atoms. The number of likely N-dealkylation sites (tertiary alicyclic amines) is 1. The van der Waals surface area contributed by atoms with Crippen molar-refractivity contribution in [2.75, 3.05) is 33.4 Å². The molecule has 1 atom stereocenters. The van der Waals surface area contributed by atoms with Gasteiger partial charge >= 0.3 is 0 Å². The van der Waals surface area contributed by atoms with Gasteiger partial charge in [-0.1, -0.05) is 35.9 Å². The van der Waals surface area contributed by atoms with Crippen LogP contribution in [0.15, 0.2) is 48.5 Å². The van der Waals surface area contributed by atoms with Crippen LogP contribution in [0.5, 0.6) is 0 Å². The molecule has 1 aliphatic heterocycles. The summed E-state index contributed by atoms with van der Waals surface area (Å²) in [5.74, 6) is -0.505. The topological polar surface area (TPSA) is 87.7 Å². The largest absolute Gasteiger partial charge is 0.385 e. The van der Waals surface area contributed by atoms with Crippen molar-refractivity contribution in [3.63, 3.8) is 0 Å². The summed E-state index contributed by atoms with van der Waals surface area (Å²) in [5.41, 5.74) is 3.25. The van der Waals surface area contributed by atoms with Gasteiger partial charge in [0.25, 0.3) is 11.8 Å². The summed E-state index contributed by atoms with van der Waals surface area (Å²) in [6.45, 7) is 6.03. The molecule has 3 amide bonds. The molecule has 0 radical (unpaired) electrons. The SMILES string of the molecule is COCCCNC(=O)C(NC(=O)c1ccc(C)cc1)C1CCN(C(=O)c2ccccc2C)CC1. The average molecular weight is 466 g/mol. The molecule has 0 spiro atoms. The molecule has 1 fully saturated rings. The number of amides is 3. The molecule has 0 aromatic heterocycles. The third-order valence-corrected chi connectivity index (χ3v) is 6.38. The van der Waals surface area contributed by atoms with Crippen molar-refractivity contribution in [1.82, 2.24) is 15.5 Å². The second-order valence-corrected chi connectivity index (χ2v) is 8.90. The van der Waals surface area contributed by atoms with Gasteiger partial charge in [0.2, 0.25) is 5.91 Å². The van der Waals surface area contributed by atoms with E-state index >= 15 is 0 Å². The summed E-state index contributed by atoms with van der Waals surface area (Å²) in [7, 11) is 1.62. The Bertz CT molecular complexity index is 982. The highest BCUT2D eigenvalue weighted by atomic mass is 16.5. The zero-order valence-corrected chi connectivity index (χ0v) is 20.3. The number of nitrogens with one attached hydrogen (secondary N) is 2. The van der Waals surface area contributed by atoms with Crippen LogP contribution in [-0.2, 0) is 9.53 Å². The van der Waals surface area contributed by atoms with Crippen LogP contribution < -0.4 is 10.6 Å². The number of piperidine rings is 1. The van der Waals surface area contributed by atoms with Crippen LogP contribution in [0.4, 0.5) is 0 Å². The second kappa shape index (κ2) is 12.3. The minimum absolute atomic E-state index is 0.0146. The number of carbonyl (C=O) groups excluding carboxylic acids is 3. The van der Waals surface area contributed by atoms with Gasteiger partial charge in [0.1, 0.15) is 6.04 Å². The lowest BCUT2D eigenvalue weighted by atomic mass is 9.88. The third-order valence-electron chi connectivity index (χ3n) is 6.38. The van der Waals surface area contributed by atoms with Crippen molar-refractivity contribution in [1.29, 1.82) is 0 Å². The Hall–Kier alpha value is -3.19. The van der Waals surface area contributed by atoms with Gasteiger partial charge in [-0.05, 0) is 62.8 Å². The lowest BCUT2D eigenvalue weighted by molar-refractivity contribution is -0.124. The number of benzene rings is 2. The van der Waals surface area contributed by atoms with E-state index < -0.39 is 6.04 Å². The molecule has 182 valence electrons. The van der Waals surface area contributed by atoms with Gasteiger partial charge in [-0.3, -0.25) is 14.4 Å². The van der Waals surface area contributed by atoms with Gasteiger partial charge in [0.05, 0.1) is 0 Å². The highest BCUT2D eigenvalue weighted by Crippen LogP contribution is 2.24. The third kappa shape index (κ3) is 6.67. The lowest BCUT2D eigenvalue weighted by Crippen LogP contribution is -2.54. The Kier molecular flexibility index (Phi) is 9.22. The average Bonchev–Trinajstić information content (AvgIpc) is 2.85. The zero-order chi connectivity index (χ0) is 24.5. The van der Waals surface area contributed by atoms with Crippen LogP contribution in [0.2, 0.25) is 0 Å². The summed E-state index contributed by atoms with van der Waals surface area (Å²) in [5, 5.41) is 5.90. The van der Waals surface area contributed by atoms with Crippen LogP contribution in [0.1, 0.15) is 51.1 Å². The van der Waals surface area contributed by atoms with Crippen molar-refractivity contribution in [2.24, 2.45) is 5.92 Å². The molecule has 0 aliphatic carbocycles. The summed E-state index contributed by atoms with van der Waals surface area (Å²) in [6.07, 6.45) is 1.98. The second-order valence-electron chi connectivity index (χ2n) is 8.90. The van der Waals surface area contributed by atoms with E-state index in [-0.39, 0.29) is 23.6 Å². The van der Waals surface area contributed by atoms with E-state index in [9.17, 15) is 14.4 Å². The van der Waals surface area contributed by atoms with Gasteiger partial charge < -0.3 is 20.3 Å². The van der Waals surface area contributed by atoms with Crippen LogP contribution in [0, 0.1) is 19.8 Å². The van der Waals surface area contributed by atoms with Crippen LogP contribution in [0.3, 0.4) is 0 Å². The van der Waals surface area contributed by atoms with E-state index in [0.717, 1.165) is 11.1 Å².